The van der Waals surface area contributed by atoms with E-state index in [9.17, 15) is 4.79 Å². The Morgan fingerprint density at radius 1 is 1.43 bits per heavy atom. The summed E-state index contributed by atoms with van der Waals surface area (Å²) in [6, 6.07) is 3.71. The van der Waals surface area contributed by atoms with E-state index in [-0.39, 0.29) is 12.5 Å². The maximum Gasteiger partial charge on any atom is 0.257 e. The Morgan fingerprint density at radius 3 is 2.76 bits per heavy atom. The molecule has 0 spiro atoms. The van der Waals surface area contributed by atoms with Gasteiger partial charge in [-0.05, 0) is 69.0 Å². The van der Waals surface area contributed by atoms with Crippen molar-refractivity contribution in [3.8, 4) is 5.75 Å². The number of nitrogens with one attached hydrogen (secondary N) is 2. The van der Waals surface area contributed by atoms with Crippen molar-refractivity contribution >= 4 is 17.5 Å². The number of hydrogen-bond acceptors (Lipinski definition) is 3. The zero-order chi connectivity index (χ0) is 15.2. The molecule has 4 nitrogen and oxygen atoms in total. The summed E-state index contributed by atoms with van der Waals surface area (Å²) in [5.74, 6) is 1.14. The zero-order valence-electron chi connectivity index (χ0n) is 12.7. The molecule has 1 heterocycles. The van der Waals surface area contributed by atoms with Crippen LogP contribution in [0.15, 0.2) is 12.1 Å². The summed E-state index contributed by atoms with van der Waals surface area (Å²) < 4.78 is 5.54. The third kappa shape index (κ3) is 4.90. The molecule has 116 valence electrons. The van der Waals surface area contributed by atoms with Crippen LogP contribution in [-0.4, -0.2) is 32.1 Å². The lowest BCUT2D eigenvalue weighted by Crippen LogP contribution is -2.39. The molecule has 2 N–H and O–H groups in total. The number of benzene rings is 1. The predicted molar refractivity (Wildman–Crippen MR) is 85.0 cm³/mol. The van der Waals surface area contributed by atoms with Crippen molar-refractivity contribution in [1.29, 1.82) is 0 Å². The Labute approximate surface area is 131 Å². The average Bonchev–Trinajstić information content (AvgIpc) is 2.49. The molecule has 2 rings (SSSR count). The third-order valence-electron chi connectivity index (χ3n) is 3.77. The number of aryl methyl sites for hydroxylation is 2. The van der Waals surface area contributed by atoms with Gasteiger partial charge in [-0.3, -0.25) is 4.79 Å². The molecule has 1 amide bonds. The Bertz CT molecular complexity index is 476. The normalized spacial score (nSPS) is 18.3. The fourth-order valence-electron chi connectivity index (χ4n) is 2.55. The van der Waals surface area contributed by atoms with E-state index >= 15 is 0 Å². The number of rotatable bonds is 5. The van der Waals surface area contributed by atoms with Crippen molar-refractivity contribution in [1.82, 2.24) is 10.6 Å². The highest BCUT2D eigenvalue weighted by Crippen LogP contribution is 2.25. The maximum absolute atomic E-state index is 11.8. The minimum absolute atomic E-state index is 0.0423. The topological polar surface area (TPSA) is 50.4 Å². The lowest BCUT2D eigenvalue weighted by molar-refractivity contribution is -0.123. The van der Waals surface area contributed by atoms with Crippen molar-refractivity contribution in [3.63, 3.8) is 0 Å². The number of carbonyl (C=O) groups excluding carboxylic acids is 1. The maximum atomic E-state index is 11.8. The Kier molecular flexibility index (Phi) is 5.88. The monoisotopic (exact) mass is 310 g/mol. The van der Waals surface area contributed by atoms with E-state index in [1.54, 1.807) is 0 Å². The van der Waals surface area contributed by atoms with Gasteiger partial charge in [-0.2, -0.15) is 0 Å². The van der Waals surface area contributed by atoms with E-state index in [4.69, 9.17) is 16.3 Å². The van der Waals surface area contributed by atoms with Crippen LogP contribution in [0.3, 0.4) is 0 Å². The van der Waals surface area contributed by atoms with Crippen molar-refractivity contribution < 1.29 is 9.53 Å². The van der Waals surface area contributed by atoms with Crippen LogP contribution in [0.4, 0.5) is 0 Å². The molecule has 1 aromatic carbocycles. The van der Waals surface area contributed by atoms with Gasteiger partial charge in [0.2, 0.25) is 0 Å². The van der Waals surface area contributed by atoms with Crippen LogP contribution in [0, 0.1) is 19.8 Å². The highest BCUT2D eigenvalue weighted by molar-refractivity contribution is 6.32. The molecule has 0 bridgehead atoms. The first-order valence-electron chi connectivity index (χ1n) is 7.43. The summed E-state index contributed by atoms with van der Waals surface area (Å²) in [6.07, 6.45) is 2.35. The van der Waals surface area contributed by atoms with Gasteiger partial charge in [0.25, 0.3) is 5.91 Å². The van der Waals surface area contributed by atoms with Crippen LogP contribution in [0.2, 0.25) is 5.02 Å². The summed E-state index contributed by atoms with van der Waals surface area (Å²) in [4.78, 5) is 11.8. The molecule has 1 aliphatic heterocycles. The molecule has 1 aromatic rings. The van der Waals surface area contributed by atoms with Gasteiger partial charge in [0.1, 0.15) is 5.75 Å². The van der Waals surface area contributed by atoms with Gasteiger partial charge in [-0.15, -0.1) is 0 Å². The van der Waals surface area contributed by atoms with E-state index in [2.05, 4.69) is 10.6 Å². The summed E-state index contributed by atoms with van der Waals surface area (Å²) in [7, 11) is 0. The standard InChI is InChI=1S/C16H23ClN2O2/c1-11-6-14(7-12(2)16(11)17)21-10-15(20)19-9-13-4-3-5-18-8-13/h6-7,13,18H,3-5,8-10H2,1-2H3,(H,19,20). The molecule has 1 unspecified atom stereocenters. The van der Waals surface area contributed by atoms with E-state index in [1.807, 2.05) is 26.0 Å². The molecule has 0 radical (unpaired) electrons. The van der Waals surface area contributed by atoms with Crippen LogP contribution in [0.5, 0.6) is 5.75 Å². The van der Waals surface area contributed by atoms with Gasteiger partial charge in [0, 0.05) is 11.6 Å². The Hall–Kier alpha value is -1.26. The molecule has 1 fully saturated rings. The molecule has 1 atom stereocenters. The van der Waals surface area contributed by atoms with E-state index in [0.29, 0.717) is 18.2 Å². The molecule has 21 heavy (non-hydrogen) atoms. The largest absolute Gasteiger partial charge is 0.484 e. The first-order valence-corrected chi connectivity index (χ1v) is 7.81. The number of ether oxygens (including phenoxy) is 1. The summed E-state index contributed by atoms with van der Waals surface area (Å²) in [5.41, 5.74) is 1.92. The number of hydrogen-bond donors (Lipinski definition) is 2. The quantitative estimate of drug-likeness (QED) is 0.878. The van der Waals surface area contributed by atoms with E-state index < -0.39 is 0 Å². The minimum atomic E-state index is -0.0779. The average molecular weight is 311 g/mol. The highest BCUT2D eigenvalue weighted by atomic mass is 35.5. The summed E-state index contributed by atoms with van der Waals surface area (Å²) in [6.45, 7) is 6.69. The Balaban J connectivity index is 1.75. The Morgan fingerprint density at radius 2 is 2.14 bits per heavy atom. The summed E-state index contributed by atoms with van der Waals surface area (Å²) in [5, 5.41) is 7.02. The van der Waals surface area contributed by atoms with Crippen molar-refractivity contribution in [2.45, 2.75) is 26.7 Å². The molecular formula is C16H23ClN2O2. The fourth-order valence-corrected chi connectivity index (χ4v) is 2.65. The smallest absolute Gasteiger partial charge is 0.257 e. The van der Waals surface area contributed by atoms with Crippen LogP contribution < -0.4 is 15.4 Å². The molecule has 5 heteroatoms. The second kappa shape index (κ2) is 7.66. The number of halogens is 1. The van der Waals surface area contributed by atoms with Gasteiger partial charge in [-0.1, -0.05) is 11.6 Å². The SMILES string of the molecule is Cc1cc(OCC(=O)NCC2CCCNC2)cc(C)c1Cl. The van der Waals surface area contributed by atoms with Crippen molar-refractivity contribution in [2.75, 3.05) is 26.2 Å². The lowest BCUT2D eigenvalue weighted by atomic mass is 10.00. The number of amides is 1. The van der Waals surface area contributed by atoms with Crippen LogP contribution in [-0.2, 0) is 4.79 Å². The van der Waals surface area contributed by atoms with Gasteiger partial charge in [0.15, 0.2) is 6.61 Å². The first-order chi connectivity index (χ1) is 10.1. The van der Waals surface area contributed by atoms with Crippen LogP contribution in [0.1, 0.15) is 24.0 Å². The van der Waals surface area contributed by atoms with E-state index in [0.717, 1.165) is 29.2 Å². The molecule has 1 saturated heterocycles. The second-order valence-electron chi connectivity index (χ2n) is 5.68. The first kappa shape index (κ1) is 16.1. The fraction of sp³-hybridized carbons (Fsp3) is 0.562. The summed E-state index contributed by atoms with van der Waals surface area (Å²) >= 11 is 6.11. The predicted octanol–water partition coefficient (Wildman–Crippen LogP) is 2.45. The van der Waals surface area contributed by atoms with Gasteiger partial charge in [-0.25, -0.2) is 0 Å². The minimum Gasteiger partial charge on any atom is -0.484 e. The van der Waals surface area contributed by atoms with Crippen molar-refractivity contribution in [3.05, 3.63) is 28.3 Å². The molecule has 0 saturated carbocycles. The number of piperidine rings is 1. The van der Waals surface area contributed by atoms with Gasteiger partial charge in [0.05, 0.1) is 0 Å². The van der Waals surface area contributed by atoms with Crippen molar-refractivity contribution in [2.24, 2.45) is 5.92 Å². The molecule has 0 aromatic heterocycles. The highest BCUT2D eigenvalue weighted by Gasteiger charge is 2.14. The second-order valence-corrected chi connectivity index (χ2v) is 6.05. The zero-order valence-corrected chi connectivity index (χ0v) is 13.4. The van der Waals surface area contributed by atoms with Crippen LogP contribution >= 0.6 is 11.6 Å². The molecular weight excluding hydrogens is 288 g/mol. The number of carbonyl (C=O) groups is 1. The molecule has 1 aliphatic rings. The molecule has 0 aliphatic carbocycles. The third-order valence-corrected chi connectivity index (χ3v) is 4.36. The van der Waals surface area contributed by atoms with E-state index in [1.165, 1.54) is 12.8 Å². The van der Waals surface area contributed by atoms with Gasteiger partial charge >= 0.3 is 0 Å². The lowest BCUT2D eigenvalue weighted by Gasteiger charge is -2.22. The van der Waals surface area contributed by atoms with Gasteiger partial charge < -0.3 is 15.4 Å². The van der Waals surface area contributed by atoms with Crippen LogP contribution in [0.25, 0.3) is 0 Å².